The van der Waals surface area contributed by atoms with Crippen molar-refractivity contribution in [2.75, 3.05) is 0 Å². The van der Waals surface area contributed by atoms with Crippen molar-refractivity contribution in [3.8, 4) is 16.9 Å². The maximum atomic E-state index is 13.0. The van der Waals surface area contributed by atoms with E-state index < -0.39 is 5.69 Å². The zero-order valence-corrected chi connectivity index (χ0v) is 12.5. The molecule has 116 valence electrons. The van der Waals surface area contributed by atoms with E-state index in [2.05, 4.69) is 15.1 Å². The molecule has 0 fully saturated rings. The third-order valence-corrected chi connectivity index (χ3v) is 3.72. The molecule has 2 aromatic heterocycles. The van der Waals surface area contributed by atoms with Crippen LogP contribution in [-0.4, -0.2) is 19.7 Å². The fourth-order valence-corrected chi connectivity index (χ4v) is 2.64. The third-order valence-electron chi connectivity index (χ3n) is 3.72. The van der Waals surface area contributed by atoms with Crippen LogP contribution in [0.2, 0.25) is 0 Å². The molecule has 4 rings (SSSR count). The van der Waals surface area contributed by atoms with Crippen molar-refractivity contribution in [2.24, 2.45) is 0 Å². The Labute approximate surface area is 136 Å². The van der Waals surface area contributed by atoms with E-state index in [4.69, 9.17) is 0 Å². The zero-order chi connectivity index (χ0) is 16.5. The van der Waals surface area contributed by atoms with E-state index in [1.54, 1.807) is 12.1 Å². The van der Waals surface area contributed by atoms with Crippen molar-refractivity contribution in [3.63, 3.8) is 0 Å². The monoisotopic (exact) mass is 316 g/mol. The second-order valence-electron chi connectivity index (χ2n) is 5.24. The number of nitrogens with zero attached hydrogens (tertiary/aromatic N) is 3. The van der Waals surface area contributed by atoms with E-state index in [1.807, 2.05) is 48.5 Å². The topological polar surface area (TPSA) is 80.6 Å². The van der Waals surface area contributed by atoms with Crippen LogP contribution in [0.4, 0.5) is 0 Å². The van der Waals surface area contributed by atoms with Crippen LogP contribution in [0.5, 0.6) is 0 Å². The Kier molecular flexibility index (Phi) is 3.28. The first kappa shape index (κ1) is 14.1. The molecule has 4 aromatic rings. The van der Waals surface area contributed by atoms with Gasteiger partial charge in [-0.2, -0.15) is 14.8 Å². The number of aromatic amines is 1. The highest BCUT2D eigenvalue weighted by molar-refractivity contribution is 5.90. The zero-order valence-electron chi connectivity index (χ0n) is 12.5. The van der Waals surface area contributed by atoms with Gasteiger partial charge in [-0.25, -0.2) is 4.79 Å². The molecule has 1 N–H and O–H groups in total. The van der Waals surface area contributed by atoms with E-state index in [0.717, 1.165) is 0 Å². The highest BCUT2D eigenvalue weighted by Crippen LogP contribution is 2.21. The minimum atomic E-state index is -0.514. The molecule has 0 saturated carbocycles. The minimum Gasteiger partial charge on any atom is -0.304 e. The number of hydrogen-bond acceptors (Lipinski definition) is 4. The van der Waals surface area contributed by atoms with Crippen molar-refractivity contribution >= 4 is 10.9 Å². The third kappa shape index (κ3) is 2.30. The molecule has 0 amide bonds. The standard InChI is InChI=1S/C18H12N4O2/c23-17-15-14(11-19-22(17)13-9-5-2-6-10-13)20-18(24)21-16(15)12-7-3-1-4-8-12/h1-11H,(H,20,21,24). The lowest BCUT2D eigenvalue weighted by atomic mass is 10.1. The molecule has 24 heavy (non-hydrogen) atoms. The summed E-state index contributed by atoms with van der Waals surface area (Å²) in [6.07, 6.45) is 1.47. The second-order valence-corrected chi connectivity index (χ2v) is 5.24. The predicted octanol–water partition coefficient (Wildman–Crippen LogP) is 2.14. The summed E-state index contributed by atoms with van der Waals surface area (Å²) >= 11 is 0. The first-order chi connectivity index (χ1) is 11.7. The highest BCUT2D eigenvalue weighted by atomic mass is 16.1. The average molecular weight is 316 g/mol. The van der Waals surface area contributed by atoms with Crippen molar-refractivity contribution in [2.45, 2.75) is 0 Å². The maximum Gasteiger partial charge on any atom is 0.346 e. The number of aromatic nitrogens is 4. The summed E-state index contributed by atoms with van der Waals surface area (Å²) in [4.78, 5) is 31.4. The van der Waals surface area contributed by atoms with Gasteiger partial charge in [0.15, 0.2) is 0 Å². The number of rotatable bonds is 2. The molecule has 2 aromatic carbocycles. The smallest absolute Gasteiger partial charge is 0.304 e. The highest BCUT2D eigenvalue weighted by Gasteiger charge is 2.14. The fourth-order valence-electron chi connectivity index (χ4n) is 2.64. The molecule has 0 aliphatic rings. The Bertz CT molecular complexity index is 1130. The average Bonchev–Trinajstić information content (AvgIpc) is 2.63. The summed E-state index contributed by atoms with van der Waals surface area (Å²) in [5.41, 5.74) is 1.23. The SMILES string of the molecule is O=c1nc(-c2ccccc2)c2c(=O)n(-c3ccccc3)ncc2[nH]1. The Balaban J connectivity index is 2.10. The second kappa shape index (κ2) is 5.58. The number of fused-ring (bicyclic) bond motifs is 1. The van der Waals surface area contributed by atoms with Crippen LogP contribution in [0.1, 0.15) is 0 Å². The summed E-state index contributed by atoms with van der Waals surface area (Å²) < 4.78 is 1.30. The summed E-state index contributed by atoms with van der Waals surface area (Å²) in [5.74, 6) is 0. The van der Waals surface area contributed by atoms with Crippen molar-refractivity contribution < 1.29 is 0 Å². The molecule has 0 aliphatic carbocycles. The van der Waals surface area contributed by atoms with Gasteiger partial charge >= 0.3 is 5.69 Å². The molecule has 6 nitrogen and oxygen atoms in total. The molecule has 0 saturated heterocycles. The van der Waals surface area contributed by atoms with Gasteiger partial charge in [0.25, 0.3) is 5.56 Å². The molecule has 6 heteroatoms. The summed E-state index contributed by atoms with van der Waals surface area (Å²) in [7, 11) is 0. The van der Waals surface area contributed by atoms with Crippen molar-refractivity contribution in [3.05, 3.63) is 87.7 Å². The number of nitrogens with one attached hydrogen (secondary N) is 1. The van der Waals surface area contributed by atoms with Gasteiger partial charge in [0, 0.05) is 5.56 Å². The number of para-hydroxylation sites is 1. The van der Waals surface area contributed by atoms with Crippen molar-refractivity contribution in [1.29, 1.82) is 0 Å². The lowest BCUT2D eigenvalue weighted by Gasteiger charge is -2.08. The molecule has 0 radical (unpaired) electrons. The molecular formula is C18H12N4O2. The van der Waals surface area contributed by atoms with Gasteiger partial charge < -0.3 is 4.98 Å². The van der Waals surface area contributed by atoms with E-state index in [0.29, 0.717) is 27.8 Å². The number of H-pyrrole nitrogens is 1. The molecule has 0 unspecified atom stereocenters. The van der Waals surface area contributed by atoms with E-state index in [-0.39, 0.29) is 5.56 Å². The van der Waals surface area contributed by atoms with Gasteiger partial charge in [-0.05, 0) is 12.1 Å². The first-order valence-electron chi connectivity index (χ1n) is 7.37. The van der Waals surface area contributed by atoms with Crippen LogP contribution in [0.15, 0.2) is 76.4 Å². The maximum absolute atomic E-state index is 13.0. The minimum absolute atomic E-state index is 0.332. The quantitative estimate of drug-likeness (QED) is 0.614. The van der Waals surface area contributed by atoms with E-state index in [1.165, 1.54) is 10.9 Å². The van der Waals surface area contributed by atoms with Gasteiger partial charge in [0.2, 0.25) is 0 Å². The number of hydrogen-bond donors (Lipinski definition) is 1. The first-order valence-corrected chi connectivity index (χ1v) is 7.37. The molecule has 2 heterocycles. The van der Waals surface area contributed by atoms with Crippen LogP contribution in [-0.2, 0) is 0 Å². The number of benzene rings is 2. The van der Waals surface area contributed by atoms with Crippen LogP contribution < -0.4 is 11.2 Å². The van der Waals surface area contributed by atoms with E-state index in [9.17, 15) is 9.59 Å². The molecule has 0 atom stereocenters. The summed E-state index contributed by atoms with van der Waals surface area (Å²) in [5, 5.41) is 4.49. The van der Waals surface area contributed by atoms with Crippen LogP contribution in [0, 0.1) is 0 Å². The van der Waals surface area contributed by atoms with Gasteiger partial charge in [0.05, 0.1) is 28.5 Å². The van der Waals surface area contributed by atoms with Crippen LogP contribution in [0.25, 0.3) is 27.8 Å². The molecule has 0 aliphatic heterocycles. The van der Waals surface area contributed by atoms with Gasteiger partial charge in [-0.15, -0.1) is 0 Å². The fraction of sp³-hybridized carbons (Fsp3) is 0. The Hall–Kier alpha value is -3.54. The predicted molar refractivity (Wildman–Crippen MR) is 91.2 cm³/mol. The van der Waals surface area contributed by atoms with E-state index >= 15 is 0 Å². The largest absolute Gasteiger partial charge is 0.346 e. The van der Waals surface area contributed by atoms with Crippen molar-refractivity contribution in [1.82, 2.24) is 19.7 Å². The lowest BCUT2D eigenvalue weighted by molar-refractivity contribution is 0.817. The van der Waals surface area contributed by atoms with Gasteiger partial charge in [0.1, 0.15) is 0 Å². The normalized spacial score (nSPS) is 10.8. The lowest BCUT2D eigenvalue weighted by Crippen LogP contribution is -2.24. The van der Waals surface area contributed by atoms with Crippen LogP contribution in [0.3, 0.4) is 0 Å². The molecular weight excluding hydrogens is 304 g/mol. The molecule has 0 bridgehead atoms. The Morgan fingerprint density at radius 3 is 2.25 bits per heavy atom. The Morgan fingerprint density at radius 1 is 0.875 bits per heavy atom. The molecule has 0 spiro atoms. The van der Waals surface area contributed by atoms with Crippen LogP contribution >= 0.6 is 0 Å². The van der Waals surface area contributed by atoms with Gasteiger partial charge in [-0.1, -0.05) is 48.5 Å². The Morgan fingerprint density at radius 2 is 1.54 bits per heavy atom. The summed E-state index contributed by atoms with van der Waals surface area (Å²) in [6, 6.07) is 18.3. The van der Waals surface area contributed by atoms with Gasteiger partial charge in [-0.3, -0.25) is 4.79 Å². The summed E-state index contributed by atoms with van der Waals surface area (Å²) in [6.45, 7) is 0.